The Morgan fingerprint density at radius 1 is 1.14 bits per heavy atom. The number of sulfonamides is 1. The van der Waals surface area contributed by atoms with E-state index in [2.05, 4.69) is 20.0 Å². The summed E-state index contributed by atoms with van der Waals surface area (Å²) in [6, 6.07) is 15.0. The lowest BCUT2D eigenvalue weighted by atomic mass is 10.1. The molecule has 0 radical (unpaired) electrons. The molecule has 1 heterocycles. The Bertz CT molecular complexity index is 1060. The zero-order chi connectivity index (χ0) is 20.9. The van der Waals surface area contributed by atoms with Gasteiger partial charge in [-0.25, -0.2) is 18.1 Å². The molecule has 1 atom stereocenters. The Morgan fingerprint density at radius 2 is 1.83 bits per heavy atom. The van der Waals surface area contributed by atoms with Crippen molar-refractivity contribution in [3.63, 3.8) is 0 Å². The molecule has 7 nitrogen and oxygen atoms in total. The maximum Gasteiger partial charge on any atom is 0.230 e. The summed E-state index contributed by atoms with van der Waals surface area (Å²) in [6.07, 6.45) is 0. The molecule has 0 aliphatic carbocycles. The number of hydrogen-bond acceptors (Lipinski definition) is 5. The highest BCUT2D eigenvalue weighted by molar-refractivity contribution is 8.00. The van der Waals surface area contributed by atoms with Crippen LogP contribution in [0.5, 0.6) is 0 Å². The summed E-state index contributed by atoms with van der Waals surface area (Å²) < 4.78 is 26.0. The van der Waals surface area contributed by atoms with Crippen LogP contribution in [0.2, 0.25) is 0 Å². The van der Waals surface area contributed by atoms with Crippen LogP contribution in [0.4, 0.5) is 0 Å². The number of fused-ring (bicyclic) bond motifs is 1. The van der Waals surface area contributed by atoms with Crippen molar-refractivity contribution in [2.24, 2.45) is 0 Å². The zero-order valence-electron chi connectivity index (χ0n) is 16.3. The van der Waals surface area contributed by atoms with Crippen molar-refractivity contribution in [3.05, 3.63) is 65.5 Å². The maximum atomic E-state index is 12.3. The van der Waals surface area contributed by atoms with Gasteiger partial charge in [0.2, 0.25) is 15.9 Å². The van der Waals surface area contributed by atoms with E-state index in [1.807, 2.05) is 43.3 Å². The molecule has 3 rings (SSSR count). The molecule has 0 aliphatic rings. The monoisotopic (exact) mass is 432 g/mol. The molecule has 0 spiro atoms. The molecule has 3 aromatic rings. The molecule has 0 unspecified atom stereocenters. The maximum absolute atomic E-state index is 12.3. The number of nitrogens with zero attached hydrogens (tertiary/aromatic N) is 1. The third-order valence-electron chi connectivity index (χ3n) is 4.51. The molecular weight excluding hydrogens is 408 g/mol. The molecule has 154 valence electrons. The number of para-hydroxylation sites is 2. The number of rotatable bonds is 9. The van der Waals surface area contributed by atoms with Crippen molar-refractivity contribution >= 4 is 38.7 Å². The first-order valence-corrected chi connectivity index (χ1v) is 11.9. The number of imidazole rings is 1. The second-order valence-corrected chi connectivity index (χ2v) is 9.86. The summed E-state index contributed by atoms with van der Waals surface area (Å²) in [5.41, 5.74) is 3.35. The number of nitrogens with one attached hydrogen (secondary N) is 3. The van der Waals surface area contributed by atoms with Crippen LogP contribution < -0.4 is 10.0 Å². The van der Waals surface area contributed by atoms with Crippen molar-refractivity contribution < 1.29 is 13.2 Å². The largest absolute Gasteiger partial charge is 0.351 e. The summed E-state index contributed by atoms with van der Waals surface area (Å²) in [4.78, 5) is 20.1. The molecule has 2 aromatic carbocycles. The molecule has 0 bridgehead atoms. The summed E-state index contributed by atoms with van der Waals surface area (Å²) in [5.74, 6) is 0.901. The van der Waals surface area contributed by atoms with Gasteiger partial charge in [-0.1, -0.05) is 36.4 Å². The Kier molecular flexibility index (Phi) is 6.94. The molecular formula is C20H24N4O3S2. The van der Waals surface area contributed by atoms with Crippen LogP contribution in [0.15, 0.2) is 48.5 Å². The first-order valence-electron chi connectivity index (χ1n) is 9.19. The van der Waals surface area contributed by atoms with E-state index in [9.17, 15) is 13.2 Å². The first-order chi connectivity index (χ1) is 13.9. The molecule has 0 saturated carbocycles. The van der Waals surface area contributed by atoms with Crippen LogP contribution >= 0.6 is 11.8 Å². The van der Waals surface area contributed by atoms with E-state index in [0.29, 0.717) is 5.56 Å². The number of aromatic nitrogens is 2. The predicted octanol–water partition coefficient (Wildman–Crippen LogP) is 2.72. The smallest absolute Gasteiger partial charge is 0.230 e. The van der Waals surface area contributed by atoms with Gasteiger partial charge in [0.25, 0.3) is 0 Å². The zero-order valence-corrected chi connectivity index (χ0v) is 17.9. The van der Waals surface area contributed by atoms with E-state index < -0.39 is 10.0 Å². The number of hydrogen-bond donors (Lipinski definition) is 3. The van der Waals surface area contributed by atoms with Gasteiger partial charge in [-0.15, -0.1) is 11.8 Å². The fourth-order valence-electron chi connectivity index (χ4n) is 2.84. The topological polar surface area (TPSA) is 104 Å². The van der Waals surface area contributed by atoms with Crippen molar-refractivity contribution in [1.82, 2.24) is 20.0 Å². The number of carbonyl (C=O) groups excluding carboxylic acids is 1. The Morgan fingerprint density at radius 3 is 2.55 bits per heavy atom. The fourth-order valence-corrected chi connectivity index (χ4v) is 4.45. The summed E-state index contributed by atoms with van der Waals surface area (Å²) in [5, 5.41) is 2.91. The molecule has 0 fully saturated rings. The molecule has 29 heavy (non-hydrogen) atoms. The number of amides is 1. The van der Waals surface area contributed by atoms with Crippen LogP contribution in [0.3, 0.4) is 0 Å². The summed E-state index contributed by atoms with van der Waals surface area (Å²) >= 11 is 1.49. The van der Waals surface area contributed by atoms with Crippen LogP contribution in [0, 0.1) is 0 Å². The van der Waals surface area contributed by atoms with Crippen LogP contribution in [-0.4, -0.2) is 37.1 Å². The van der Waals surface area contributed by atoms with E-state index in [1.54, 1.807) is 12.1 Å². The minimum absolute atomic E-state index is 0.0428. The first kappa shape index (κ1) is 21.4. The summed E-state index contributed by atoms with van der Waals surface area (Å²) in [6.45, 7) is 2.29. The third-order valence-corrected chi connectivity index (χ3v) is 6.97. The standard InChI is InChI=1S/C20H24N4O3S2/c1-14(20-23-17-9-5-6-10-18(17)24-20)28-12-19(25)22-11-15-7-3-4-8-16(15)13-29(26,27)21-2/h3-10,14,21H,11-13H2,1-2H3,(H,22,25)(H,23,24)/t14-/m1/s1. The Balaban J connectivity index is 1.54. The average molecular weight is 433 g/mol. The van der Waals surface area contributed by atoms with Crippen LogP contribution in [0.25, 0.3) is 11.0 Å². The Hall–Kier alpha value is -2.36. The number of H-pyrrole nitrogens is 1. The summed E-state index contributed by atoms with van der Waals surface area (Å²) in [7, 11) is -1.99. The highest BCUT2D eigenvalue weighted by Gasteiger charge is 2.15. The fraction of sp³-hybridized carbons (Fsp3) is 0.300. The van der Waals surface area contributed by atoms with E-state index in [4.69, 9.17) is 0 Å². The van der Waals surface area contributed by atoms with Gasteiger partial charge in [0.15, 0.2) is 0 Å². The molecule has 9 heteroatoms. The van der Waals surface area contributed by atoms with Crippen LogP contribution in [0.1, 0.15) is 29.1 Å². The van der Waals surface area contributed by atoms with Gasteiger partial charge < -0.3 is 10.3 Å². The van der Waals surface area contributed by atoms with E-state index in [1.165, 1.54) is 18.8 Å². The lowest BCUT2D eigenvalue weighted by molar-refractivity contribution is -0.118. The lowest BCUT2D eigenvalue weighted by Gasteiger charge is -2.12. The second-order valence-electron chi connectivity index (χ2n) is 6.60. The van der Waals surface area contributed by atoms with Gasteiger partial charge in [0.1, 0.15) is 5.82 Å². The predicted molar refractivity (Wildman–Crippen MR) is 117 cm³/mol. The van der Waals surface area contributed by atoms with E-state index in [0.717, 1.165) is 22.4 Å². The molecule has 0 saturated heterocycles. The highest BCUT2D eigenvalue weighted by Crippen LogP contribution is 2.27. The average Bonchev–Trinajstić information content (AvgIpc) is 3.15. The third kappa shape index (κ3) is 5.81. The SMILES string of the molecule is CNS(=O)(=O)Cc1ccccc1CNC(=O)CS[C@H](C)c1nc2ccccc2[nH]1. The van der Waals surface area contributed by atoms with E-state index in [-0.39, 0.29) is 29.2 Å². The highest BCUT2D eigenvalue weighted by atomic mass is 32.2. The van der Waals surface area contributed by atoms with Gasteiger partial charge >= 0.3 is 0 Å². The van der Waals surface area contributed by atoms with Gasteiger partial charge in [0, 0.05) is 6.54 Å². The van der Waals surface area contributed by atoms with Crippen molar-refractivity contribution in [2.75, 3.05) is 12.8 Å². The van der Waals surface area contributed by atoms with Crippen molar-refractivity contribution in [2.45, 2.75) is 24.5 Å². The normalized spacial score (nSPS) is 12.8. The van der Waals surface area contributed by atoms with Crippen molar-refractivity contribution in [3.8, 4) is 0 Å². The number of aromatic amines is 1. The number of benzene rings is 2. The number of thioether (sulfide) groups is 1. The minimum atomic E-state index is -3.37. The van der Waals surface area contributed by atoms with Crippen LogP contribution in [-0.2, 0) is 27.1 Å². The Labute approximate surface area is 174 Å². The molecule has 1 amide bonds. The molecule has 0 aliphatic heterocycles. The van der Waals surface area contributed by atoms with E-state index >= 15 is 0 Å². The quantitative estimate of drug-likeness (QED) is 0.482. The van der Waals surface area contributed by atoms with Crippen molar-refractivity contribution in [1.29, 1.82) is 0 Å². The van der Waals surface area contributed by atoms with Gasteiger partial charge in [-0.2, -0.15) is 0 Å². The molecule has 3 N–H and O–H groups in total. The van der Waals surface area contributed by atoms with Gasteiger partial charge in [0.05, 0.1) is 27.8 Å². The lowest BCUT2D eigenvalue weighted by Crippen LogP contribution is -2.26. The number of carbonyl (C=O) groups is 1. The minimum Gasteiger partial charge on any atom is -0.351 e. The van der Waals surface area contributed by atoms with Gasteiger partial charge in [-0.3, -0.25) is 4.79 Å². The van der Waals surface area contributed by atoms with Gasteiger partial charge in [-0.05, 0) is 37.2 Å². The second kappa shape index (κ2) is 9.43. The molecule has 1 aromatic heterocycles.